The van der Waals surface area contributed by atoms with Crippen LogP contribution in [0.3, 0.4) is 0 Å². The van der Waals surface area contributed by atoms with Crippen molar-refractivity contribution in [3.63, 3.8) is 0 Å². The maximum Gasteiger partial charge on any atom is 0.472 e. The van der Waals surface area contributed by atoms with Crippen molar-refractivity contribution in [2.45, 2.75) is 280 Å². The molecule has 8 heteroatoms. The predicted octanol–water partition coefficient (Wildman–Crippen LogP) is 18.8. The minimum absolute atomic E-state index is 0. The molecule has 0 amide bonds. The summed E-state index contributed by atoms with van der Waals surface area (Å²) in [4.78, 5) is 9.77. The highest BCUT2D eigenvalue weighted by atomic mass is 31.2. The standard InChI is InChI=1S/C36H70O.C16H35O4P.C2H6O.H3N/c1-3-5-7-9-11-13-15-17-19-21-23-25-27-29-31-33-35-37-36-34-32-30-28-26-24-22-20-18-16-14-12-10-8-6-4-2;1-5-9-11-15(7-3)13-19-21(17,18)20-14-16(8-4)12-10-6-2;1-2-3;/h17-20H,3-16,21-36H2,1-2H3;15-16H,5-14H2,1-4H3,(H,17,18);3H,2H2,1H3;1H3/b19-17-,20-18-;;;. The van der Waals surface area contributed by atoms with Gasteiger partial charge in [-0.25, -0.2) is 4.57 Å². The summed E-state index contributed by atoms with van der Waals surface area (Å²) < 4.78 is 28.1. The lowest BCUT2D eigenvalue weighted by molar-refractivity contribution is 0.110. The van der Waals surface area contributed by atoms with Crippen molar-refractivity contribution in [3.05, 3.63) is 24.3 Å². The number of allylic oxidation sites excluding steroid dienone is 4. The molecule has 0 aromatic carbocycles. The summed E-state index contributed by atoms with van der Waals surface area (Å²) >= 11 is 0. The Morgan fingerprint density at radius 2 is 0.677 bits per heavy atom. The van der Waals surface area contributed by atoms with Crippen LogP contribution in [-0.2, 0) is 18.3 Å². The molecule has 0 heterocycles. The fourth-order valence-corrected chi connectivity index (χ4v) is 8.11. The first-order valence-corrected chi connectivity index (χ1v) is 28.4. The highest BCUT2D eigenvalue weighted by Gasteiger charge is 2.24. The molecule has 0 aliphatic heterocycles. The van der Waals surface area contributed by atoms with E-state index in [-0.39, 0.29) is 12.8 Å². The summed E-state index contributed by atoms with van der Waals surface area (Å²) in [5, 5.41) is 7.57. The molecule has 0 rings (SSSR count). The number of phosphoric ester groups is 1. The van der Waals surface area contributed by atoms with E-state index in [2.05, 4.69) is 65.8 Å². The second-order valence-corrected chi connectivity index (χ2v) is 19.2. The predicted molar refractivity (Wildman–Crippen MR) is 276 cm³/mol. The van der Waals surface area contributed by atoms with Gasteiger partial charge in [-0.2, -0.15) is 0 Å². The van der Waals surface area contributed by atoms with Crippen molar-refractivity contribution < 1.29 is 28.3 Å². The van der Waals surface area contributed by atoms with Gasteiger partial charge in [0.2, 0.25) is 0 Å². The molecule has 0 aliphatic carbocycles. The SMILES string of the molecule is CCCCC(CC)COP(=O)(O)OCC(CC)CCCC.CCCCCCCC/C=C\CCCCCCCCOCCCCCCCC/C=C\CCCCCCCC.CCO.N. The van der Waals surface area contributed by atoms with Gasteiger partial charge >= 0.3 is 7.82 Å². The fourth-order valence-electron chi connectivity index (χ4n) is 7.24. The molecule has 0 saturated carbocycles. The molecule has 62 heavy (non-hydrogen) atoms. The Bertz CT molecular complexity index is 823. The van der Waals surface area contributed by atoms with Crippen LogP contribution in [0.1, 0.15) is 280 Å². The Hall–Kier alpha value is -0.530. The molecule has 0 bridgehead atoms. The lowest BCUT2D eigenvalue weighted by Gasteiger charge is -2.20. The first-order valence-electron chi connectivity index (χ1n) is 26.9. The summed E-state index contributed by atoms with van der Waals surface area (Å²) in [7, 11) is -3.89. The Kier molecular flexibility index (Phi) is 66.4. The third-order valence-corrected chi connectivity index (χ3v) is 12.6. The largest absolute Gasteiger partial charge is 0.472 e. The van der Waals surface area contributed by atoms with Crippen molar-refractivity contribution in [2.24, 2.45) is 11.8 Å². The van der Waals surface area contributed by atoms with Gasteiger partial charge in [-0.3, -0.25) is 9.05 Å². The number of aliphatic hydroxyl groups excluding tert-OH is 1. The molecule has 0 aromatic rings. The lowest BCUT2D eigenvalue weighted by atomic mass is 10.0. The van der Waals surface area contributed by atoms with E-state index >= 15 is 0 Å². The molecule has 0 aliphatic rings. The molecule has 0 spiro atoms. The number of unbranched alkanes of at least 4 members (excludes halogenated alkanes) is 26. The van der Waals surface area contributed by atoms with Gasteiger partial charge in [0.1, 0.15) is 0 Å². The van der Waals surface area contributed by atoms with Crippen LogP contribution >= 0.6 is 7.82 Å². The van der Waals surface area contributed by atoms with E-state index in [1.165, 1.54) is 180 Å². The van der Waals surface area contributed by atoms with Crippen LogP contribution in [-0.4, -0.2) is 43.0 Å². The average molecular weight is 904 g/mol. The van der Waals surface area contributed by atoms with E-state index < -0.39 is 7.82 Å². The third kappa shape index (κ3) is 61.6. The zero-order chi connectivity index (χ0) is 45.6. The first kappa shape index (κ1) is 68.1. The fraction of sp³-hybridized carbons (Fsp3) is 0.926. The quantitative estimate of drug-likeness (QED) is 0.0316. The van der Waals surface area contributed by atoms with E-state index in [0.717, 1.165) is 64.6 Å². The van der Waals surface area contributed by atoms with Crippen LogP contribution < -0.4 is 6.15 Å². The summed E-state index contributed by atoms with van der Waals surface area (Å²) in [5.41, 5.74) is 0. The Morgan fingerprint density at radius 1 is 0.419 bits per heavy atom. The molecule has 0 saturated heterocycles. The molecule has 0 fully saturated rings. The van der Waals surface area contributed by atoms with Crippen LogP contribution in [0.5, 0.6) is 0 Å². The van der Waals surface area contributed by atoms with Crippen molar-refractivity contribution >= 4 is 7.82 Å². The highest BCUT2D eigenvalue weighted by Crippen LogP contribution is 2.44. The van der Waals surface area contributed by atoms with Crippen LogP contribution in [0.4, 0.5) is 0 Å². The monoisotopic (exact) mass is 904 g/mol. The van der Waals surface area contributed by atoms with Crippen LogP contribution in [0.2, 0.25) is 0 Å². The minimum atomic E-state index is -3.89. The topological polar surface area (TPSA) is 120 Å². The number of rotatable bonds is 46. The molecular weight excluding hydrogens is 790 g/mol. The van der Waals surface area contributed by atoms with E-state index in [9.17, 15) is 9.46 Å². The molecule has 7 nitrogen and oxygen atoms in total. The summed E-state index contributed by atoms with van der Waals surface area (Å²) in [6.45, 7) is 17.6. The second-order valence-electron chi connectivity index (χ2n) is 17.7. The van der Waals surface area contributed by atoms with Crippen molar-refractivity contribution in [3.8, 4) is 0 Å². The van der Waals surface area contributed by atoms with Crippen molar-refractivity contribution in [2.75, 3.05) is 33.0 Å². The molecule has 2 unspecified atom stereocenters. The Labute approximate surface area is 389 Å². The zero-order valence-corrected chi connectivity index (χ0v) is 44.0. The maximum atomic E-state index is 11.9. The van der Waals surface area contributed by atoms with Gasteiger partial charge in [-0.1, -0.05) is 220 Å². The van der Waals surface area contributed by atoms with Gasteiger partial charge in [0, 0.05) is 19.8 Å². The second kappa shape index (κ2) is 60.5. The van der Waals surface area contributed by atoms with Crippen LogP contribution in [0.25, 0.3) is 0 Å². The number of phosphoric acid groups is 1. The smallest absolute Gasteiger partial charge is 0.397 e. The van der Waals surface area contributed by atoms with Gasteiger partial charge in [-0.15, -0.1) is 0 Å². The maximum absolute atomic E-state index is 11.9. The van der Waals surface area contributed by atoms with Gasteiger partial charge in [-0.05, 0) is 95.8 Å². The summed E-state index contributed by atoms with van der Waals surface area (Å²) in [5.74, 6) is 0.687. The average Bonchev–Trinajstić information content (AvgIpc) is 3.26. The number of aliphatic hydroxyl groups is 1. The van der Waals surface area contributed by atoms with Gasteiger partial charge in [0.05, 0.1) is 13.2 Å². The molecule has 0 aromatic heterocycles. The number of hydrogen-bond donors (Lipinski definition) is 3. The van der Waals surface area contributed by atoms with Crippen LogP contribution in [0.15, 0.2) is 24.3 Å². The number of ether oxygens (including phenoxy) is 1. The van der Waals surface area contributed by atoms with E-state index in [0.29, 0.717) is 25.0 Å². The molecule has 2 atom stereocenters. The van der Waals surface area contributed by atoms with Gasteiger partial charge < -0.3 is 20.9 Å². The van der Waals surface area contributed by atoms with Crippen molar-refractivity contribution in [1.29, 1.82) is 0 Å². The van der Waals surface area contributed by atoms with E-state index in [4.69, 9.17) is 18.9 Å². The third-order valence-electron chi connectivity index (χ3n) is 11.6. The van der Waals surface area contributed by atoms with Crippen molar-refractivity contribution in [1.82, 2.24) is 6.15 Å². The molecule has 376 valence electrons. The molecule has 0 radical (unpaired) electrons. The minimum Gasteiger partial charge on any atom is -0.397 e. The normalized spacial score (nSPS) is 13.3. The summed E-state index contributed by atoms with van der Waals surface area (Å²) in [6.07, 6.45) is 56.7. The van der Waals surface area contributed by atoms with E-state index in [1.54, 1.807) is 6.92 Å². The molecule has 5 N–H and O–H groups in total. The van der Waals surface area contributed by atoms with Gasteiger partial charge in [0.15, 0.2) is 0 Å². The summed E-state index contributed by atoms with van der Waals surface area (Å²) in [6, 6.07) is 0. The Balaban J connectivity index is -0.000000569. The zero-order valence-electron chi connectivity index (χ0n) is 43.1. The van der Waals surface area contributed by atoms with Gasteiger partial charge in [0.25, 0.3) is 0 Å². The first-order chi connectivity index (χ1) is 29.8. The lowest BCUT2D eigenvalue weighted by Crippen LogP contribution is -2.12. The number of hydrogen-bond acceptors (Lipinski definition) is 6. The highest BCUT2D eigenvalue weighted by molar-refractivity contribution is 7.47. The Morgan fingerprint density at radius 3 is 0.952 bits per heavy atom. The molecular formula is C54H114NO6P. The van der Waals surface area contributed by atoms with Crippen LogP contribution in [0, 0.1) is 11.8 Å². The van der Waals surface area contributed by atoms with E-state index in [1.807, 2.05) is 0 Å².